The van der Waals surface area contributed by atoms with E-state index in [1.54, 1.807) is 0 Å². The third-order valence-electron chi connectivity index (χ3n) is 3.39. The van der Waals surface area contributed by atoms with Crippen molar-refractivity contribution >= 4 is 0 Å². The van der Waals surface area contributed by atoms with E-state index in [9.17, 15) is 5.11 Å². The molecule has 19 heavy (non-hydrogen) atoms. The Kier molecular flexibility index (Phi) is 5.19. The second-order valence-corrected chi connectivity index (χ2v) is 5.27. The van der Waals surface area contributed by atoms with Crippen molar-refractivity contribution in [3.05, 3.63) is 29.8 Å². The molecule has 2 N–H and O–H groups in total. The fourth-order valence-electron chi connectivity index (χ4n) is 2.59. The molecule has 0 spiro atoms. The second-order valence-electron chi connectivity index (χ2n) is 5.27. The smallest absolute Gasteiger partial charge is 0.119 e. The Morgan fingerprint density at radius 2 is 2.32 bits per heavy atom. The van der Waals surface area contributed by atoms with Crippen LogP contribution >= 0.6 is 0 Å². The van der Waals surface area contributed by atoms with Gasteiger partial charge in [0.15, 0.2) is 0 Å². The van der Waals surface area contributed by atoms with E-state index in [1.165, 1.54) is 5.56 Å². The van der Waals surface area contributed by atoms with Crippen LogP contribution in [-0.4, -0.2) is 48.9 Å². The Balaban J connectivity index is 1.84. The summed E-state index contributed by atoms with van der Waals surface area (Å²) in [4.78, 5) is 2.28. The van der Waals surface area contributed by atoms with Gasteiger partial charge in [-0.05, 0) is 38.1 Å². The first kappa shape index (κ1) is 14.3. The van der Waals surface area contributed by atoms with E-state index in [1.807, 2.05) is 19.1 Å². The summed E-state index contributed by atoms with van der Waals surface area (Å²) in [5, 5.41) is 12.8. The molecule has 4 nitrogen and oxygen atoms in total. The largest absolute Gasteiger partial charge is 0.494 e. The molecular weight excluding hydrogens is 240 g/mol. The van der Waals surface area contributed by atoms with Crippen LogP contribution in [0.1, 0.15) is 18.9 Å². The van der Waals surface area contributed by atoms with E-state index >= 15 is 0 Å². The average Bonchev–Trinajstić information content (AvgIpc) is 2.75. The molecule has 0 unspecified atom stereocenters. The number of β-amino-alcohol motifs (C(OH)–C–C–N with tert-alkyl or cyclic N) is 1. The van der Waals surface area contributed by atoms with Crippen molar-refractivity contribution in [3.8, 4) is 5.75 Å². The van der Waals surface area contributed by atoms with Crippen LogP contribution in [0.3, 0.4) is 0 Å². The number of nitrogens with zero attached hydrogens (tertiary/aromatic N) is 1. The summed E-state index contributed by atoms with van der Waals surface area (Å²) in [5.41, 5.74) is 1.26. The van der Waals surface area contributed by atoms with E-state index in [0.717, 1.165) is 31.8 Å². The molecule has 0 aromatic heterocycles. The zero-order valence-electron chi connectivity index (χ0n) is 11.8. The summed E-state index contributed by atoms with van der Waals surface area (Å²) in [6.07, 6.45) is 0.670. The molecule has 1 aliphatic heterocycles. The number of likely N-dealkylation sites (N-methyl/N-ethyl adjacent to an activating group) is 1. The number of benzene rings is 1. The molecule has 0 radical (unpaired) electrons. The lowest BCUT2D eigenvalue weighted by atomic mass is 10.1. The fourth-order valence-corrected chi connectivity index (χ4v) is 2.59. The Morgan fingerprint density at radius 1 is 1.47 bits per heavy atom. The molecule has 1 fully saturated rings. The van der Waals surface area contributed by atoms with Gasteiger partial charge in [0.05, 0.1) is 12.7 Å². The third kappa shape index (κ3) is 4.49. The molecule has 0 saturated carbocycles. The Bertz CT molecular complexity index is 397. The Morgan fingerprint density at radius 3 is 3.00 bits per heavy atom. The van der Waals surface area contributed by atoms with Gasteiger partial charge in [0.1, 0.15) is 5.75 Å². The van der Waals surface area contributed by atoms with Crippen LogP contribution in [0.15, 0.2) is 24.3 Å². The summed E-state index contributed by atoms with van der Waals surface area (Å²) >= 11 is 0. The van der Waals surface area contributed by atoms with Crippen molar-refractivity contribution in [3.63, 3.8) is 0 Å². The molecule has 0 bridgehead atoms. The zero-order valence-corrected chi connectivity index (χ0v) is 11.8. The average molecular weight is 264 g/mol. The first-order chi connectivity index (χ1) is 9.17. The highest BCUT2D eigenvalue weighted by Gasteiger charge is 2.22. The standard InChI is InChI=1S/C15H24N2O2/c1-3-19-15-6-4-5-12(7-15)10-17(2)11-13-8-14(18)9-16-13/h4-7,13-14,16,18H,3,8-11H2,1-2H3/t13-,14+/m0/s1. The third-order valence-corrected chi connectivity index (χ3v) is 3.39. The molecule has 1 heterocycles. The molecule has 1 aromatic carbocycles. The molecule has 0 aliphatic carbocycles. The molecule has 1 aliphatic rings. The van der Waals surface area contributed by atoms with Crippen molar-refractivity contribution < 1.29 is 9.84 Å². The summed E-state index contributed by atoms with van der Waals surface area (Å²) in [5.74, 6) is 0.933. The van der Waals surface area contributed by atoms with Gasteiger partial charge in [-0.3, -0.25) is 0 Å². The molecule has 1 aromatic rings. The summed E-state index contributed by atoms with van der Waals surface area (Å²) < 4.78 is 5.51. The van der Waals surface area contributed by atoms with Gasteiger partial charge in [0.2, 0.25) is 0 Å². The Hall–Kier alpha value is -1.10. The number of hydrogen-bond donors (Lipinski definition) is 2. The topological polar surface area (TPSA) is 44.7 Å². The van der Waals surface area contributed by atoms with E-state index in [2.05, 4.69) is 29.4 Å². The van der Waals surface area contributed by atoms with Crippen molar-refractivity contribution in [2.45, 2.75) is 32.0 Å². The quantitative estimate of drug-likeness (QED) is 0.811. The van der Waals surface area contributed by atoms with Gasteiger partial charge in [-0.2, -0.15) is 0 Å². The summed E-state index contributed by atoms with van der Waals surface area (Å²) in [6, 6.07) is 8.63. The van der Waals surface area contributed by atoms with Crippen LogP contribution in [0.2, 0.25) is 0 Å². The first-order valence-corrected chi connectivity index (χ1v) is 6.99. The van der Waals surface area contributed by atoms with Crippen LogP contribution < -0.4 is 10.1 Å². The van der Waals surface area contributed by atoms with E-state index < -0.39 is 0 Å². The summed E-state index contributed by atoms with van der Waals surface area (Å²) in [7, 11) is 2.11. The maximum absolute atomic E-state index is 9.50. The van der Waals surface area contributed by atoms with Gasteiger partial charge in [0, 0.05) is 25.7 Å². The van der Waals surface area contributed by atoms with Gasteiger partial charge in [-0.25, -0.2) is 0 Å². The lowest BCUT2D eigenvalue weighted by Gasteiger charge is -2.21. The highest BCUT2D eigenvalue weighted by molar-refractivity contribution is 5.28. The van der Waals surface area contributed by atoms with E-state index in [4.69, 9.17) is 4.74 Å². The minimum Gasteiger partial charge on any atom is -0.494 e. The first-order valence-electron chi connectivity index (χ1n) is 6.99. The van der Waals surface area contributed by atoms with Gasteiger partial charge in [-0.1, -0.05) is 12.1 Å². The number of hydrogen-bond acceptors (Lipinski definition) is 4. The number of aliphatic hydroxyl groups is 1. The minimum absolute atomic E-state index is 0.181. The van der Waals surface area contributed by atoms with Crippen molar-refractivity contribution in [2.75, 3.05) is 26.7 Å². The predicted molar refractivity (Wildman–Crippen MR) is 76.4 cm³/mol. The summed E-state index contributed by atoms with van der Waals surface area (Å²) in [6.45, 7) is 5.27. The minimum atomic E-state index is -0.181. The van der Waals surface area contributed by atoms with Crippen LogP contribution in [0, 0.1) is 0 Å². The zero-order chi connectivity index (χ0) is 13.7. The van der Waals surface area contributed by atoms with E-state index in [0.29, 0.717) is 12.6 Å². The van der Waals surface area contributed by atoms with Crippen LogP contribution in [0.4, 0.5) is 0 Å². The van der Waals surface area contributed by atoms with Crippen LogP contribution in [0.25, 0.3) is 0 Å². The fraction of sp³-hybridized carbons (Fsp3) is 0.600. The molecule has 0 amide bonds. The molecule has 1 saturated heterocycles. The molecule has 2 atom stereocenters. The monoisotopic (exact) mass is 264 g/mol. The van der Waals surface area contributed by atoms with Crippen molar-refractivity contribution in [1.29, 1.82) is 0 Å². The Labute approximate surface area is 115 Å². The molecule has 106 valence electrons. The van der Waals surface area contributed by atoms with Gasteiger partial charge >= 0.3 is 0 Å². The number of ether oxygens (including phenoxy) is 1. The van der Waals surface area contributed by atoms with Crippen molar-refractivity contribution in [2.24, 2.45) is 0 Å². The molecular formula is C15H24N2O2. The number of rotatable bonds is 6. The van der Waals surface area contributed by atoms with Crippen molar-refractivity contribution in [1.82, 2.24) is 10.2 Å². The highest BCUT2D eigenvalue weighted by Crippen LogP contribution is 2.15. The second kappa shape index (κ2) is 6.89. The SMILES string of the molecule is CCOc1cccc(CN(C)C[C@@H]2C[C@@H](O)CN2)c1. The van der Waals surface area contributed by atoms with E-state index in [-0.39, 0.29) is 6.10 Å². The van der Waals surface area contributed by atoms with Gasteiger partial charge in [0.25, 0.3) is 0 Å². The molecule has 4 heteroatoms. The number of nitrogens with one attached hydrogen (secondary N) is 1. The van der Waals surface area contributed by atoms with Gasteiger partial charge in [-0.15, -0.1) is 0 Å². The van der Waals surface area contributed by atoms with Gasteiger partial charge < -0.3 is 20.1 Å². The lowest BCUT2D eigenvalue weighted by molar-refractivity contribution is 0.189. The van der Waals surface area contributed by atoms with Crippen LogP contribution in [0.5, 0.6) is 5.75 Å². The normalized spacial score (nSPS) is 22.9. The highest BCUT2D eigenvalue weighted by atomic mass is 16.5. The lowest BCUT2D eigenvalue weighted by Crippen LogP contribution is -2.34. The van der Waals surface area contributed by atoms with Crippen LogP contribution in [-0.2, 0) is 6.54 Å². The maximum atomic E-state index is 9.50. The predicted octanol–water partition coefficient (Wildman–Crippen LogP) is 1.24. The maximum Gasteiger partial charge on any atom is 0.119 e. The molecule has 2 rings (SSSR count). The number of aliphatic hydroxyl groups excluding tert-OH is 1.